The summed E-state index contributed by atoms with van der Waals surface area (Å²) in [5, 5.41) is 3.97. The molecule has 0 aliphatic heterocycles. The number of carbonyl (C=O) groups excluding carboxylic acids is 1. The van der Waals surface area contributed by atoms with Crippen molar-refractivity contribution in [3.8, 4) is 0 Å². The Bertz CT molecular complexity index is 392. The van der Waals surface area contributed by atoms with Crippen LogP contribution in [-0.4, -0.2) is 17.1 Å². The normalized spacial score (nSPS) is 20.1. The number of hydrogen-bond donors (Lipinski definition) is 2. The number of H-pyrrole nitrogens is 1. The third-order valence-corrected chi connectivity index (χ3v) is 2.60. The second kappa shape index (κ2) is 5.30. The molecule has 0 unspecified atom stereocenters. The molecular weight excluding hydrogens is 202 g/mol. The Labute approximate surface area is 94.4 Å². The van der Waals surface area contributed by atoms with Crippen molar-refractivity contribution in [3.05, 3.63) is 36.2 Å². The van der Waals surface area contributed by atoms with Gasteiger partial charge >= 0.3 is 0 Å². The Balaban J connectivity index is 1.80. The number of aromatic nitrogens is 1. The van der Waals surface area contributed by atoms with Crippen LogP contribution in [0.3, 0.4) is 0 Å². The van der Waals surface area contributed by atoms with Crippen molar-refractivity contribution in [1.82, 2.24) is 10.4 Å². The van der Waals surface area contributed by atoms with Gasteiger partial charge in [0.25, 0.3) is 5.91 Å². The van der Waals surface area contributed by atoms with Gasteiger partial charge in [0, 0.05) is 12.4 Å². The average molecular weight is 217 g/mol. The molecule has 1 amide bonds. The minimum Gasteiger partial charge on any atom is -0.357 e. The minimum absolute atomic E-state index is 0.201. The van der Waals surface area contributed by atoms with Gasteiger partial charge in [0.2, 0.25) is 0 Å². The molecule has 0 saturated carbocycles. The number of hydrazone groups is 1. The van der Waals surface area contributed by atoms with Crippen LogP contribution in [0.1, 0.15) is 29.8 Å². The van der Waals surface area contributed by atoms with Crippen LogP contribution in [0, 0.1) is 5.92 Å². The predicted molar refractivity (Wildman–Crippen MR) is 63.2 cm³/mol. The topological polar surface area (TPSA) is 57.2 Å². The lowest BCUT2D eigenvalue weighted by atomic mass is 9.96. The first kappa shape index (κ1) is 10.7. The SMILES string of the molecule is O=C(N/N=C\[C@H]1CC=CCC1)c1ccc[nH]1. The molecule has 1 aliphatic carbocycles. The Morgan fingerprint density at radius 1 is 1.56 bits per heavy atom. The summed E-state index contributed by atoms with van der Waals surface area (Å²) in [6.07, 6.45) is 11.1. The van der Waals surface area contributed by atoms with Gasteiger partial charge < -0.3 is 4.98 Å². The van der Waals surface area contributed by atoms with Gasteiger partial charge in [-0.15, -0.1) is 0 Å². The maximum Gasteiger partial charge on any atom is 0.287 e. The van der Waals surface area contributed by atoms with E-state index < -0.39 is 0 Å². The molecule has 1 atom stereocenters. The number of aromatic amines is 1. The van der Waals surface area contributed by atoms with Crippen LogP contribution in [0.5, 0.6) is 0 Å². The molecule has 1 aromatic rings. The van der Waals surface area contributed by atoms with Crippen molar-refractivity contribution in [3.63, 3.8) is 0 Å². The van der Waals surface area contributed by atoms with E-state index in [2.05, 4.69) is 27.7 Å². The molecule has 4 heteroatoms. The number of rotatable bonds is 3. The lowest BCUT2D eigenvalue weighted by Crippen LogP contribution is -2.19. The smallest absolute Gasteiger partial charge is 0.287 e. The number of amides is 1. The number of hydrogen-bond acceptors (Lipinski definition) is 2. The van der Waals surface area contributed by atoms with E-state index in [4.69, 9.17) is 0 Å². The quantitative estimate of drug-likeness (QED) is 0.454. The zero-order valence-corrected chi connectivity index (χ0v) is 9.02. The largest absolute Gasteiger partial charge is 0.357 e. The van der Waals surface area contributed by atoms with Crippen LogP contribution < -0.4 is 5.43 Å². The molecule has 0 saturated heterocycles. The molecule has 1 aromatic heterocycles. The van der Waals surface area contributed by atoms with Crippen LogP contribution in [0.4, 0.5) is 0 Å². The summed E-state index contributed by atoms with van der Waals surface area (Å²) in [5.41, 5.74) is 3.04. The fourth-order valence-electron chi connectivity index (χ4n) is 1.69. The number of allylic oxidation sites excluding steroid dienone is 2. The minimum atomic E-state index is -0.201. The molecule has 0 bridgehead atoms. The molecule has 0 radical (unpaired) electrons. The van der Waals surface area contributed by atoms with Crippen molar-refractivity contribution in [1.29, 1.82) is 0 Å². The number of carbonyl (C=O) groups is 1. The average Bonchev–Trinajstić information content (AvgIpc) is 2.84. The van der Waals surface area contributed by atoms with Crippen molar-refractivity contribution in [2.75, 3.05) is 0 Å². The van der Waals surface area contributed by atoms with Gasteiger partial charge in [0.1, 0.15) is 5.69 Å². The highest BCUT2D eigenvalue weighted by atomic mass is 16.2. The van der Waals surface area contributed by atoms with E-state index in [9.17, 15) is 4.79 Å². The molecule has 0 aromatic carbocycles. The van der Waals surface area contributed by atoms with Crippen LogP contribution in [-0.2, 0) is 0 Å². The third kappa shape index (κ3) is 2.82. The van der Waals surface area contributed by atoms with Crippen molar-refractivity contribution >= 4 is 12.1 Å². The van der Waals surface area contributed by atoms with Crippen LogP contribution >= 0.6 is 0 Å². The summed E-state index contributed by atoms with van der Waals surface area (Å²) >= 11 is 0. The van der Waals surface area contributed by atoms with Crippen LogP contribution in [0.15, 0.2) is 35.6 Å². The molecule has 4 nitrogen and oxygen atoms in total. The van der Waals surface area contributed by atoms with Gasteiger partial charge in [-0.3, -0.25) is 4.79 Å². The van der Waals surface area contributed by atoms with Gasteiger partial charge in [-0.2, -0.15) is 5.10 Å². The third-order valence-electron chi connectivity index (χ3n) is 2.60. The lowest BCUT2D eigenvalue weighted by Gasteiger charge is -2.11. The standard InChI is InChI=1S/C12H15N3O/c16-12(11-7-4-8-13-11)15-14-9-10-5-2-1-3-6-10/h1-2,4,7-10,13H,3,5-6H2,(H,15,16)/b14-9-/t10-/m0/s1. The number of nitrogens with zero attached hydrogens (tertiary/aromatic N) is 1. The van der Waals surface area contributed by atoms with Crippen LogP contribution in [0.25, 0.3) is 0 Å². The summed E-state index contributed by atoms with van der Waals surface area (Å²) < 4.78 is 0. The fourth-order valence-corrected chi connectivity index (χ4v) is 1.69. The number of nitrogens with one attached hydrogen (secondary N) is 2. The molecule has 0 spiro atoms. The van der Waals surface area contributed by atoms with Crippen molar-refractivity contribution < 1.29 is 4.79 Å². The Kier molecular flexibility index (Phi) is 3.53. The summed E-state index contributed by atoms with van der Waals surface area (Å²) in [7, 11) is 0. The van der Waals surface area contributed by atoms with Gasteiger partial charge in [0.05, 0.1) is 0 Å². The van der Waals surface area contributed by atoms with E-state index in [-0.39, 0.29) is 5.91 Å². The molecule has 84 valence electrons. The van der Waals surface area contributed by atoms with E-state index in [0.717, 1.165) is 19.3 Å². The molecule has 1 heterocycles. The maximum atomic E-state index is 11.5. The molecule has 1 aliphatic rings. The lowest BCUT2D eigenvalue weighted by molar-refractivity contribution is 0.0950. The van der Waals surface area contributed by atoms with E-state index in [0.29, 0.717) is 11.6 Å². The molecule has 16 heavy (non-hydrogen) atoms. The highest BCUT2D eigenvalue weighted by molar-refractivity contribution is 5.92. The van der Waals surface area contributed by atoms with Gasteiger partial charge in [-0.1, -0.05) is 12.2 Å². The Hall–Kier alpha value is -1.84. The zero-order chi connectivity index (χ0) is 11.2. The summed E-state index contributed by atoms with van der Waals surface area (Å²) in [4.78, 5) is 14.3. The fraction of sp³-hybridized carbons (Fsp3) is 0.333. The summed E-state index contributed by atoms with van der Waals surface area (Å²) in [6.45, 7) is 0. The van der Waals surface area contributed by atoms with E-state index >= 15 is 0 Å². The van der Waals surface area contributed by atoms with Crippen LogP contribution in [0.2, 0.25) is 0 Å². The van der Waals surface area contributed by atoms with E-state index in [1.165, 1.54) is 0 Å². The Morgan fingerprint density at radius 3 is 3.19 bits per heavy atom. The Morgan fingerprint density at radius 2 is 2.50 bits per heavy atom. The van der Waals surface area contributed by atoms with Crippen molar-refractivity contribution in [2.24, 2.45) is 11.0 Å². The van der Waals surface area contributed by atoms with Gasteiger partial charge in [0.15, 0.2) is 0 Å². The van der Waals surface area contributed by atoms with Crippen molar-refractivity contribution in [2.45, 2.75) is 19.3 Å². The molecular formula is C12H15N3O. The highest BCUT2D eigenvalue weighted by Gasteiger charge is 2.07. The molecule has 2 N–H and O–H groups in total. The second-order valence-corrected chi connectivity index (χ2v) is 3.85. The second-order valence-electron chi connectivity index (χ2n) is 3.85. The predicted octanol–water partition coefficient (Wildman–Crippen LogP) is 2.09. The first-order valence-corrected chi connectivity index (χ1v) is 5.48. The van der Waals surface area contributed by atoms with Gasteiger partial charge in [-0.05, 0) is 37.3 Å². The van der Waals surface area contributed by atoms with E-state index in [1.807, 2.05) is 6.21 Å². The zero-order valence-electron chi connectivity index (χ0n) is 9.02. The van der Waals surface area contributed by atoms with E-state index in [1.54, 1.807) is 18.3 Å². The maximum absolute atomic E-state index is 11.5. The molecule has 2 rings (SSSR count). The first-order valence-electron chi connectivity index (χ1n) is 5.48. The monoisotopic (exact) mass is 217 g/mol. The highest BCUT2D eigenvalue weighted by Crippen LogP contribution is 2.15. The molecule has 0 fully saturated rings. The summed E-state index contributed by atoms with van der Waals surface area (Å²) in [5.74, 6) is 0.251. The summed E-state index contributed by atoms with van der Waals surface area (Å²) in [6, 6.07) is 3.50. The first-order chi connectivity index (χ1) is 7.86. The van der Waals surface area contributed by atoms with Gasteiger partial charge in [-0.25, -0.2) is 5.43 Å².